The van der Waals surface area contributed by atoms with E-state index in [9.17, 15) is 0 Å². The predicted molar refractivity (Wildman–Crippen MR) is 69.6 cm³/mol. The summed E-state index contributed by atoms with van der Waals surface area (Å²) in [7, 11) is 3.75. The number of rotatable bonds is 2. The van der Waals surface area contributed by atoms with E-state index in [0.717, 1.165) is 11.5 Å². The Labute approximate surface area is 105 Å². The first kappa shape index (κ1) is 10.7. The van der Waals surface area contributed by atoms with Crippen molar-refractivity contribution >= 4 is 16.9 Å². The lowest BCUT2D eigenvalue weighted by atomic mass is 10.2. The highest BCUT2D eigenvalue weighted by Crippen LogP contribution is 2.17. The van der Waals surface area contributed by atoms with Gasteiger partial charge >= 0.3 is 11.9 Å². The molecule has 3 rings (SSSR count). The van der Waals surface area contributed by atoms with Crippen molar-refractivity contribution in [1.82, 2.24) is 14.5 Å². The number of fused-ring (bicyclic) bond motifs is 1. The van der Waals surface area contributed by atoms with Gasteiger partial charge in [-0.15, -0.1) is 0 Å². The highest BCUT2D eigenvalue weighted by Gasteiger charge is 2.15. The highest BCUT2D eigenvalue weighted by atomic mass is 15.3. The molecule has 90 valence electrons. The Kier molecular flexibility index (Phi) is 2.44. The van der Waals surface area contributed by atoms with Gasteiger partial charge in [0.15, 0.2) is 0 Å². The molecule has 0 saturated heterocycles. The molecule has 0 amide bonds. The van der Waals surface area contributed by atoms with Crippen LogP contribution in [0.15, 0.2) is 42.9 Å². The fraction of sp³-hybridized carbons (Fsp3) is 0.154. The van der Waals surface area contributed by atoms with Crippen molar-refractivity contribution in [2.75, 3.05) is 12.4 Å². The zero-order valence-corrected chi connectivity index (χ0v) is 10.3. The van der Waals surface area contributed by atoms with Crippen LogP contribution in [0.5, 0.6) is 0 Å². The molecule has 2 aromatic heterocycles. The highest BCUT2D eigenvalue weighted by molar-refractivity contribution is 5.81. The molecule has 3 aromatic rings. The summed E-state index contributed by atoms with van der Waals surface area (Å²) in [6, 6.07) is 10.3. The van der Waals surface area contributed by atoms with Crippen molar-refractivity contribution in [3.63, 3.8) is 0 Å². The lowest BCUT2D eigenvalue weighted by Crippen LogP contribution is -2.36. The number of para-hydroxylation sites is 1. The maximum Gasteiger partial charge on any atom is 0.362 e. The molecule has 1 aromatic carbocycles. The van der Waals surface area contributed by atoms with E-state index >= 15 is 0 Å². The molecule has 0 atom stereocenters. The number of benzene rings is 1. The van der Waals surface area contributed by atoms with Gasteiger partial charge in [-0.1, -0.05) is 28.2 Å². The predicted octanol–water partition coefficient (Wildman–Crippen LogP) is 1.29. The summed E-state index contributed by atoms with van der Waals surface area (Å²) in [6.07, 6.45) is 3.77. The van der Waals surface area contributed by atoms with Gasteiger partial charge in [0.25, 0.3) is 0 Å². The Hall–Kier alpha value is -2.43. The molecule has 5 heteroatoms. The van der Waals surface area contributed by atoms with Gasteiger partial charge in [0, 0.05) is 12.4 Å². The monoisotopic (exact) mass is 240 g/mol. The van der Waals surface area contributed by atoms with Crippen LogP contribution in [0, 0.1) is 0 Å². The maximum atomic E-state index is 4.49. The number of aromatic nitrogens is 4. The quantitative estimate of drug-likeness (QED) is 0.686. The number of aryl methyl sites for hydroxylation is 1. The van der Waals surface area contributed by atoms with Gasteiger partial charge < -0.3 is 5.32 Å². The molecule has 0 aliphatic rings. The van der Waals surface area contributed by atoms with Gasteiger partial charge in [-0.05, 0) is 12.1 Å². The molecule has 0 unspecified atom stereocenters. The SMILES string of the molecule is CNc1nc[n+](C)c(-n2ccc3ccccc32)n1. The minimum atomic E-state index is 0.612. The Balaban J connectivity index is 2.25. The van der Waals surface area contributed by atoms with Gasteiger partial charge in [-0.25, -0.2) is 9.13 Å². The molecule has 0 aliphatic heterocycles. The summed E-state index contributed by atoms with van der Waals surface area (Å²) in [5.41, 5.74) is 1.13. The van der Waals surface area contributed by atoms with Gasteiger partial charge in [0.05, 0.1) is 18.8 Å². The zero-order valence-electron chi connectivity index (χ0n) is 10.3. The second-order valence-corrected chi connectivity index (χ2v) is 4.09. The van der Waals surface area contributed by atoms with E-state index in [4.69, 9.17) is 0 Å². The summed E-state index contributed by atoms with van der Waals surface area (Å²) in [5.74, 6) is 1.44. The molecular weight excluding hydrogens is 226 g/mol. The number of anilines is 1. The van der Waals surface area contributed by atoms with Crippen LogP contribution in [-0.4, -0.2) is 21.6 Å². The largest absolute Gasteiger partial charge is 0.362 e. The van der Waals surface area contributed by atoms with Gasteiger partial charge in [0.1, 0.15) is 0 Å². The Bertz CT molecular complexity index is 701. The average Bonchev–Trinajstić information content (AvgIpc) is 2.83. The van der Waals surface area contributed by atoms with E-state index in [2.05, 4.69) is 38.1 Å². The number of hydrogen-bond acceptors (Lipinski definition) is 3. The second-order valence-electron chi connectivity index (χ2n) is 4.09. The van der Waals surface area contributed by atoms with Crippen LogP contribution in [0.1, 0.15) is 0 Å². The van der Waals surface area contributed by atoms with Crippen molar-refractivity contribution < 1.29 is 4.57 Å². The summed E-state index contributed by atoms with van der Waals surface area (Å²) in [6.45, 7) is 0. The lowest BCUT2D eigenvalue weighted by Gasteiger charge is -2.02. The van der Waals surface area contributed by atoms with Gasteiger partial charge in [-0.2, -0.15) is 0 Å². The average molecular weight is 240 g/mol. The fourth-order valence-corrected chi connectivity index (χ4v) is 2.00. The molecule has 0 bridgehead atoms. The number of hydrogen-bond donors (Lipinski definition) is 1. The van der Waals surface area contributed by atoms with Crippen LogP contribution < -0.4 is 9.88 Å². The molecule has 0 saturated carbocycles. The van der Waals surface area contributed by atoms with E-state index in [1.165, 1.54) is 5.39 Å². The van der Waals surface area contributed by atoms with Gasteiger partial charge in [-0.3, -0.25) is 0 Å². The Morgan fingerprint density at radius 1 is 1.22 bits per heavy atom. The van der Waals surface area contributed by atoms with Crippen molar-refractivity contribution in [2.24, 2.45) is 7.05 Å². The Morgan fingerprint density at radius 3 is 2.89 bits per heavy atom. The Morgan fingerprint density at radius 2 is 2.06 bits per heavy atom. The van der Waals surface area contributed by atoms with Crippen LogP contribution in [0.25, 0.3) is 16.9 Å². The topological polar surface area (TPSA) is 46.6 Å². The first-order valence-corrected chi connectivity index (χ1v) is 5.76. The van der Waals surface area contributed by atoms with Crippen molar-refractivity contribution in [3.05, 3.63) is 42.9 Å². The molecule has 1 N–H and O–H groups in total. The first-order chi connectivity index (χ1) is 8.79. The lowest BCUT2D eigenvalue weighted by molar-refractivity contribution is -0.671. The fourth-order valence-electron chi connectivity index (χ4n) is 2.00. The molecule has 5 nitrogen and oxygen atoms in total. The third-order valence-electron chi connectivity index (χ3n) is 2.91. The van der Waals surface area contributed by atoms with Crippen molar-refractivity contribution in [2.45, 2.75) is 0 Å². The summed E-state index contributed by atoms with van der Waals surface area (Å²) < 4.78 is 3.95. The molecule has 2 heterocycles. The number of nitrogens with zero attached hydrogens (tertiary/aromatic N) is 4. The van der Waals surface area contributed by atoms with Crippen LogP contribution in [-0.2, 0) is 7.05 Å². The minimum absolute atomic E-state index is 0.612. The molecular formula is C13H14N5+. The van der Waals surface area contributed by atoms with Crippen molar-refractivity contribution in [1.29, 1.82) is 0 Å². The van der Waals surface area contributed by atoms with E-state index < -0.39 is 0 Å². The smallest absolute Gasteiger partial charge is 0.336 e. The third kappa shape index (κ3) is 1.60. The van der Waals surface area contributed by atoms with E-state index in [1.807, 2.05) is 37.0 Å². The van der Waals surface area contributed by atoms with Crippen LogP contribution in [0.3, 0.4) is 0 Å². The maximum absolute atomic E-state index is 4.49. The standard InChI is InChI=1S/C13H13N5/c1-14-12-15-9-17(2)13(16-12)18-8-7-10-5-3-4-6-11(10)18/h3-9H,1-2H3/p+1. The molecule has 0 radical (unpaired) electrons. The number of nitrogens with one attached hydrogen (secondary N) is 1. The second kappa shape index (κ2) is 4.10. The summed E-state index contributed by atoms with van der Waals surface area (Å²) >= 11 is 0. The van der Waals surface area contributed by atoms with E-state index in [-0.39, 0.29) is 0 Å². The third-order valence-corrected chi connectivity index (χ3v) is 2.91. The van der Waals surface area contributed by atoms with E-state index in [1.54, 1.807) is 6.33 Å². The summed E-state index contributed by atoms with van der Waals surface area (Å²) in [5, 5.41) is 4.15. The molecule has 0 fully saturated rings. The van der Waals surface area contributed by atoms with Gasteiger partial charge in [0.2, 0.25) is 6.33 Å². The normalized spacial score (nSPS) is 10.8. The zero-order chi connectivity index (χ0) is 12.5. The van der Waals surface area contributed by atoms with E-state index in [0.29, 0.717) is 5.95 Å². The van der Waals surface area contributed by atoms with Crippen LogP contribution in [0.4, 0.5) is 5.95 Å². The minimum Gasteiger partial charge on any atom is -0.336 e. The molecule has 18 heavy (non-hydrogen) atoms. The van der Waals surface area contributed by atoms with Crippen LogP contribution >= 0.6 is 0 Å². The van der Waals surface area contributed by atoms with Crippen LogP contribution in [0.2, 0.25) is 0 Å². The first-order valence-electron chi connectivity index (χ1n) is 5.76. The molecule has 0 spiro atoms. The molecule has 0 aliphatic carbocycles. The van der Waals surface area contributed by atoms with Crippen molar-refractivity contribution in [3.8, 4) is 5.95 Å². The summed E-state index contributed by atoms with van der Waals surface area (Å²) in [4.78, 5) is 8.66.